The first-order valence-electron chi connectivity index (χ1n) is 6.93. The molecule has 1 saturated carbocycles. The van der Waals surface area contributed by atoms with Crippen LogP contribution in [0.5, 0.6) is 11.5 Å². The number of carbonyl (C=O) groups is 2. The maximum atomic E-state index is 12.0. The van der Waals surface area contributed by atoms with Gasteiger partial charge in [-0.1, -0.05) is 0 Å². The summed E-state index contributed by atoms with van der Waals surface area (Å²) in [5.74, 6) is 1.14. The maximum Gasteiger partial charge on any atom is 0.251 e. The van der Waals surface area contributed by atoms with E-state index in [1.54, 1.807) is 25.3 Å². The molecule has 0 aliphatic heterocycles. The molecule has 2 N–H and O–H groups in total. The van der Waals surface area contributed by atoms with Gasteiger partial charge in [-0.3, -0.25) is 9.59 Å². The van der Waals surface area contributed by atoms with Crippen molar-refractivity contribution in [1.29, 1.82) is 0 Å². The Balaban J connectivity index is 1.80. The molecule has 0 aromatic heterocycles. The summed E-state index contributed by atoms with van der Waals surface area (Å²) in [5.41, 5.74) is 0.487. The maximum absolute atomic E-state index is 12.0. The third-order valence-corrected chi connectivity index (χ3v) is 3.30. The number of methoxy groups -OCH3 is 2. The predicted molar refractivity (Wildman–Crippen MR) is 77.6 cm³/mol. The fraction of sp³-hybridized carbons (Fsp3) is 0.467. The van der Waals surface area contributed by atoms with E-state index in [1.807, 2.05) is 0 Å². The summed E-state index contributed by atoms with van der Waals surface area (Å²) in [6.45, 7) is 0.833. The van der Waals surface area contributed by atoms with E-state index in [-0.39, 0.29) is 17.7 Å². The van der Waals surface area contributed by atoms with Crippen LogP contribution < -0.4 is 20.1 Å². The van der Waals surface area contributed by atoms with E-state index >= 15 is 0 Å². The molecule has 1 fully saturated rings. The molecular formula is C15H20N2O4. The Morgan fingerprint density at radius 3 is 2.38 bits per heavy atom. The van der Waals surface area contributed by atoms with Crippen molar-refractivity contribution in [2.45, 2.75) is 12.8 Å². The van der Waals surface area contributed by atoms with Gasteiger partial charge in [0.1, 0.15) is 0 Å². The van der Waals surface area contributed by atoms with E-state index < -0.39 is 0 Å². The van der Waals surface area contributed by atoms with Gasteiger partial charge in [0.05, 0.1) is 14.2 Å². The van der Waals surface area contributed by atoms with E-state index in [0.29, 0.717) is 30.2 Å². The molecule has 0 atom stereocenters. The summed E-state index contributed by atoms with van der Waals surface area (Å²) in [6, 6.07) is 4.97. The predicted octanol–water partition coefficient (Wildman–Crippen LogP) is 0.960. The van der Waals surface area contributed by atoms with E-state index in [1.165, 1.54) is 7.11 Å². The van der Waals surface area contributed by atoms with Crippen molar-refractivity contribution >= 4 is 11.8 Å². The molecule has 1 aliphatic rings. The van der Waals surface area contributed by atoms with Crippen molar-refractivity contribution in [3.63, 3.8) is 0 Å². The van der Waals surface area contributed by atoms with Crippen LogP contribution in [0.2, 0.25) is 0 Å². The lowest BCUT2D eigenvalue weighted by Gasteiger charge is -2.10. The van der Waals surface area contributed by atoms with Crippen LogP contribution in [0.3, 0.4) is 0 Å². The van der Waals surface area contributed by atoms with E-state index in [2.05, 4.69) is 10.6 Å². The summed E-state index contributed by atoms with van der Waals surface area (Å²) >= 11 is 0. The molecular weight excluding hydrogens is 272 g/mol. The second kappa shape index (κ2) is 6.97. The smallest absolute Gasteiger partial charge is 0.251 e. The van der Waals surface area contributed by atoms with Crippen molar-refractivity contribution in [2.75, 3.05) is 27.3 Å². The van der Waals surface area contributed by atoms with Crippen molar-refractivity contribution in [3.05, 3.63) is 23.8 Å². The van der Waals surface area contributed by atoms with E-state index in [9.17, 15) is 9.59 Å². The minimum absolute atomic E-state index is 0.0790. The van der Waals surface area contributed by atoms with Gasteiger partial charge in [0.15, 0.2) is 11.5 Å². The van der Waals surface area contributed by atoms with Gasteiger partial charge in [0, 0.05) is 24.6 Å². The third-order valence-electron chi connectivity index (χ3n) is 3.30. The molecule has 1 aliphatic carbocycles. The fourth-order valence-electron chi connectivity index (χ4n) is 1.93. The van der Waals surface area contributed by atoms with Crippen LogP contribution in [-0.4, -0.2) is 39.1 Å². The van der Waals surface area contributed by atoms with E-state index in [0.717, 1.165) is 12.8 Å². The second-order valence-electron chi connectivity index (χ2n) is 4.89. The molecule has 0 heterocycles. The van der Waals surface area contributed by atoms with Crippen LogP contribution in [0.1, 0.15) is 23.2 Å². The average Bonchev–Trinajstić information content (AvgIpc) is 3.35. The molecule has 0 saturated heterocycles. The Morgan fingerprint density at radius 1 is 1.10 bits per heavy atom. The lowest BCUT2D eigenvalue weighted by Crippen LogP contribution is -2.35. The van der Waals surface area contributed by atoms with E-state index in [4.69, 9.17) is 9.47 Å². The number of benzene rings is 1. The highest BCUT2D eigenvalue weighted by Crippen LogP contribution is 2.28. The van der Waals surface area contributed by atoms with Gasteiger partial charge >= 0.3 is 0 Å². The molecule has 0 radical (unpaired) electrons. The lowest BCUT2D eigenvalue weighted by molar-refractivity contribution is -0.122. The molecule has 2 amide bonds. The van der Waals surface area contributed by atoms with Crippen molar-refractivity contribution in [3.8, 4) is 11.5 Å². The molecule has 6 heteroatoms. The minimum atomic E-state index is -0.211. The number of carbonyl (C=O) groups excluding carboxylic acids is 2. The van der Waals surface area contributed by atoms with Crippen LogP contribution in [0.15, 0.2) is 18.2 Å². The summed E-state index contributed by atoms with van der Waals surface area (Å²) in [7, 11) is 3.06. The Bertz CT molecular complexity index is 526. The first kappa shape index (κ1) is 15.2. The van der Waals surface area contributed by atoms with Gasteiger partial charge in [0.2, 0.25) is 5.91 Å². The van der Waals surface area contributed by atoms with Gasteiger partial charge in [0.25, 0.3) is 5.91 Å². The number of rotatable bonds is 7. The molecule has 0 unspecified atom stereocenters. The summed E-state index contributed by atoms with van der Waals surface area (Å²) in [6.07, 6.45) is 1.95. The third kappa shape index (κ3) is 4.11. The Kier molecular flexibility index (Phi) is 5.03. The van der Waals surface area contributed by atoms with Crippen LogP contribution in [0.25, 0.3) is 0 Å². The van der Waals surface area contributed by atoms with Crippen LogP contribution in [0, 0.1) is 5.92 Å². The molecule has 1 aromatic rings. The van der Waals surface area contributed by atoms with Gasteiger partial charge in [-0.05, 0) is 31.0 Å². The van der Waals surface area contributed by atoms with Gasteiger partial charge in [-0.2, -0.15) is 0 Å². The number of hydrogen-bond donors (Lipinski definition) is 2. The Labute approximate surface area is 123 Å². The topological polar surface area (TPSA) is 76.7 Å². The lowest BCUT2D eigenvalue weighted by atomic mass is 10.2. The highest BCUT2D eigenvalue weighted by Gasteiger charge is 2.28. The number of nitrogens with one attached hydrogen (secondary N) is 2. The van der Waals surface area contributed by atoms with Crippen LogP contribution >= 0.6 is 0 Å². The zero-order valence-corrected chi connectivity index (χ0v) is 12.3. The van der Waals surface area contributed by atoms with Crippen molar-refractivity contribution < 1.29 is 19.1 Å². The largest absolute Gasteiger partial charge is 0.493 e. The number of ether oxygens (including phenoxy) is 2. The molecule has 21 heavy (non-hydrogen) atoms. The van der Waals surface area contributed by atoms with Gasteiger partial charge in [-0.25, -0.2) is 0 Å². The monoisotopic (exact) mass is 292 g/mol. The summed E-state index contributed by atoms with van der Waals surface area (Å²) in [4.78, 5) is 23.4. The number of hydrogen-bond acceptors (Lipinski definition) is 4. The zero-order chi connectivity index (χ0) is 15.2. The first-order valence-corrected chi connectivity index (χ1v) is 6.93. The quantitative estimate of drug-likeness (QED) is 0.734. The standard InChI is InChI=1S/C15H20N2O4/c1-20-12-6-5-11(9-13(12)21-2)15(19)17-8-7-16-14(18)10-3-4-10/h5-6,9-10H,3-4,7-8H2,1-2H3,(H,16,18)(H,17,19). The van der Waals surface area contributed by atoms with Crippen LogP contribution in [0.4, 0.5) is 0 Å². The Morgan fingerprint density at radius 2 is 1.76 bits per heavy atom. The second-order valence-corrected chi connectivity index (χ2v) is 4.89. The molecule has 2 rings (SSSR count). The zero-order valence-electron chi connectivity index (χ0n) is 12.3. The molecule has 0 spiro atoms. The van der Waals surface area contributed by atoms with Crippen molar-refractivity contribution in [2.24, 2.45) is 5.92 Å². The molecule has 0 bridgehead atoms. The molecule has 1 aromatic carbocycles. The summed E-state index contributed by atoms with van der Waals surface area (Å²) < 4.78 is 10.3. The van der Waals surface area contributed by atoms with Crippen LogP contribution in [-0.2, 0) is 4.79 Å². The fourth-order valence-corrected chi connectivity index (χ4v) is 1.93. The average molecular weight is 292 g/mol. The minimum Gasteiger partial charge on any atom is -0.493 e. The Hall–Kier alpha value is -2.24. The van der Waals surface area contributed by atoms with Gasteiger partial charge < -0.3 is 20.1 Å². The summed E-state index contributed by atoms with van der Waals surface area (Å²) in [5, 5.41) is 5.55. The molecule has 114 valence electrons. The highest BCUT2D eigenvalue weighted by molar-refractivity contribution is 5.94. The molecule has 6 nitrogen and oxygen atoms in total. The highest BCUT2D eigenvalue weighted by atomic mass is 16.5. The SMILES string of the molecule is COc1ccc(C(=O)NCCNC(=O)C2CC2)cc1OC. The number of amides is 2. The first-order chi connectivity index (χ1) is 10.2. The normalized spacial score (nSPS) is 13.4. The van der Waals surface area contributed by atoms with Crippen molar-refractivity contribution in [1.82, 2.24) is 10.6 Å². The van der Waals surface area contributed by atoms with Gasteiger partial charge in [-0.15, -0.1) is 0 Å².